The van der Waals surface area contributed by atoms with Crippen molar-refractivity contribution < 1.29 is 4.42 Å². The van der Waals surface area contributed by atoms with E-state index >= 15 is 0 Å². The lowest BCUT2D eigenvalue weighted by atomic mass is 9.88. The van der Waals surface area contributed by atoms with Gasteiger partial charge in [-0.25, -0.2) is 15.0 Å². The van der Waals surface area contributed by atoms with Gasteiger partial charge in [-0.05, 0) is 96.8 Å². The molecule has 0 radical (unpaired) electrons. The van der Waals surface area contributed by atoms with Crippen molar-refractivity contribution in [3.8, 4) is 22.4 Å². The molecule has 3 heterocycles. The number of furan rings is 1. The number of unbranched alkanes of at least 4 members (excludes halogenated alkanes) is 1. The van der Waals surface area contributed by atoms with Gasteiger partial charge in [0.05, 0.1) is 11.4 Å². The van der Waals surface area contributed by atoms with Gasteiger partial charge in [0.2, 0.25) is 0 Å². The third kappa shape index (κ3) is 7.28. The molecule has 1 aliphatic heterocycles. The standard InChI is InChI=1S/C55H48N4O/c1-6-8-10-21-36(4)53-57-54(38-22-11-9-12-23-38)59-55(58-53)42-27-18-26-41(34-42)40-25-17-24-39(33-40)37(5)51-45(19-7-2)49-46(52(56-51)43-28-14-13-20-35(43)3)31-32-48-50(49)44-29-15-16-30-47(44)60-48/h6,9,11-18,20-34,53H,1,5,7-8,10,19H2,2-4H3,(H,57,58,59)/b36-21+. The summed E-state index contributed by atoms with van der Waals surface area (Å²) in [4.78, 5) is 15.8. The van der Waals surface area contributed by atoms with Crippen LogP contribution in [0.3, 0.4) is 0 Å². The molecule has 1 aliphatic rings. The SMILES string of the molecule is C=CCC/C=C(\C)C1N=C(c2cccc(-c3cccc(C(=C)c4nc(-c5ccccc5C)c5ccc6oc7ccccc7c6c5c4CCC)c3)c2)N=C(c2ccccc2)N1. The molecule has 5 nitrogen and oxygen atoms in total. The van der Waals surface area contributed by atoms with Gasteiger partial charge in [0, 0.05) is 43.8 Å². The molecule has 294 valence electrons. The third-order valence-electron chi connectivity index (χ3n) is 11.5. The van der Waals surface area contributed by atoms with E-state index in [1.54, 1.807) is 0 Å². The van der Waals surface area contributed by atoms with Gasteiger partial charge in [-0.3, -0.25) is 0 Å². The lowest BCUT2D eigenvalue weighted by Crippen LogP contribution is -2.39. The van der Waals surface area contributed by atoms with Gasteiger partial charge in [0.15, 0.2) is 5.84 Å². The van der Waals surface area contributed by atoms with Crippen LogP contribution in [0, 0.1) is 6.92 Å². The number of aromatic nitrogens is 1. The van der Waals surface area contributed by atoms with Crippen LogP contribution in [0.1, 0.15) is 66.6 Å². The van der Waals surface area contributed by atoms with Crippen molar-refractivity contribution in [1.82, 2.24) is 10.3 Å². The maximum Gasteiger partial charge on any atom is 0.159 e. The number of aryl methyl sites for hydroxylation is 2. The number of rotatable bonds is 12. The Hall–Kier alpha value is -7.11. The number of hydrogen-bond donors (Lipinski definition) is 1. The van der Waals surface area contributed by atoms with E-state index in [1.165, 1.54) is 16.5 Å². The van der Waals surface area contributed by atoms with Gasteiger partial charge in [-0.15, -0.1) is 6.58 Å². The molecule has 1 N–H and O–H groups in total. The van der Waals surface area contributed by atoms with Gasteiger partial charge in [0.1, 0.15) is 23.2 Å². The Morgan fingerprint density at radius 3 is 2.28 bits per heavy atom. The van der Waals surface area contributed by atoms with Crippen LogP contribution in [0.5, 0.6) is 0 Å². The van der Waals surface area contributed by atoms with Crippen molar-refractivity contribution >= 4 is 50.0 Å². The first-order valence-corrected chi connectivity index (χ1v) is 20.9. The van der Waals surface area contributed by atoms with E-state index in [4.69, 9.17) is 26.0 Å². The third-order valence-corrected chi connectivity index (χ3v) is 11.5. The normalized spacial score (nSPS) is 14.2. The second kappa shape index (κ2) is 16.6. The van der Waals surface area contributed by atoms with Gasteiger partial charge in [-0.2, -0.15) is 0 Å². The molecule has 0 spiro atoms. The summed E-state index contributed by atoms with van der Waals surface area (Å²) in [6, 6.07) is 48.6. The van der Waals surface area contributed by atoms with Crippen LogP contribution in [0.2, 0.25) is 0 Å². The molecule has 1 unspecified atom stereocenters. The highest BCUT2D eigenvalue weighted by Gasteiger charge is 2.24. The van der Waals surface area contributed by atoms with Gasteiger partial charge in [-0.1, -0.05) is 141 Å². The van der Waals surface area contributed by atoms with E-state index in [0.29, 0.717) is 5.84 Å². The van der Waals surface area contributed by atoms with Crippen LogP contribution in [0.25, 0.3) is 60.7 Å². The van der Waals surface area contributed by atoms with E-state index < -0.39 is 0 Å². The van der Waals surface area contributed by atoms with Crippen LogP contribution in [0.15, 0.2) is 185 Å². The van der Waals surface area contributed by atoms with Crippen LogP contribution >= 0.6 is 0 Å². The van der Waals surface area contributed by atoms with E-state index in [-0.39, 0.29) is 6.17 Å². The molecule has 6 aromatic carbocycles. The first kappa shape index (κ1) is 38.4. The minimum Gasteiger partial charge on any atom is -0.456 e. The van der Waals surface area contributed by atoms with Crippen molar-refractivity contribution in [2.75, 3.05) is 0 Å². The highest BCUT2D eigenvalue weighted by atomic mass is 16.3. The molecule has 0 saturated carbocycles. The number of aliphatic imine (C=N–C) groups is 2. The number of nitrogens with zero attached hydrogens (tertiary/aromatic N) is 3. The van der Waals surface area contributed by atoms with E-state index in [1.807, 2.05) is 30.3 Å². The molecule has 8 aromatic rings. The Bertz CT molecular complexity index is 3040. The van der Waals surface area contributed by atoms with Crippen molar-refractivity contribution in [3.63, 3.8) is 0 Å². The maximum atomic E-state index is 6.46. The Balaban J connectivity index is 1.16. The number of nitrogens with one attached hydrogen (secondary N) is 1. The lowest BCUT2D eigenvalue weighted by Gasteiger charge is -2.24. The predicted molar refractivity (Wildman–Crippen MR) is 253 cm³/mol. The average molecular weight is 781 g/mol. The Labute approximate surface area is 352 Å². The second-order valence-corrected chi connectivity index (χ2v) is 15.6. The zero-order valence-electron chi connectivity index (χ0n) is 34.5. The number of para-hydroxylation sites is 1. The molecular weight excluding hydrogens is 733 g/mol. The number of amidine groups is 2. The van der Waals surface area contributed by atoms with Crippen molar-refractivity contribution in [3.05, 3.63) is 204 Å². The number of pyridine rings is 1. The molecular formula is C55H48N4O. The molecule has 0 saturated heterocycles. The summed E-state index contributed by atoms with van der Waals surface area (Å²) in [6.07, 6.45) is 7.60. The molecule has 0 aliphatic carbocycles. The summed E-state index contributed by atoms with van der Waals surface area (Å²) in [6.45, 7) is 15.2. The van der Waals surface area contributed by atoms with Crippen LogP contribution in [0.4, 0.5) is 0 Å². The molecule has 60 heavy (non-hydrogen) atoms. The fourth-order valence-electron chi connectivity index (χ4n) is 8.42. The fraction of sp³-hybridized carbons (Fsp3) is 0.145. The number of benzene rings is 6. The maximum absolute atomic E-state index is 6.46. The minimum absolute atomic E-state index is 0.231. The fourth-order valence-corrected chi connectivity index (χ4v) is 8.42. The highest BCUT2D eigenvalue weighted by Crippen LogP contribution is 2.43. The monoisotopic (exact) mass is 780 g/mol. The van der Waals surface area contributed by atoms with Gasteiger partial charge in [0.25, 0.3) is 0 Å². The molecule has 0 amide bonds. The van der Waals surface area contributed by atoms with E-state index in [0.717, 1.165) is 115 Å². The number of fused-ring (bicyclic) bond motifs is 5. The van der Waals surface area contributed by atoms with Crippen LogP contribution < -0.4 is 5.32 Å². The van der Waals surface area contributed by atoms with E-state index in [9.17, 15) is 0 Å². The Morgan fingerprint density at radius 1 is 0.733 bits per heavy atom. The van der Waals surface area contributed by atoms with E-state index in [2.05, 4.69) is 154 Å². The number of hydrogen-bond acceptors (Lipinski definition) is 5. The summed E-state index contributed by atoms with van der Waals surface area (Å²) < 4.78 is 6.46. The molecule has 0 bridgehead atoms. The topological polar surface area (TPSA) is 62.8 Å². The van der Waals surface area contributed by atoms with Gasteiger partial charge < -0.3 is 9.73 Å². The van der Waals surface area contributed by atoms with Crippen LogP contribution in [-0.2, 0) is 6.42 Å². The first-order chi connectivity index (χ1) is 29.4. The van der Waals surface area contributed by atoms with Crippen molar-refractivity contribution in [2.24, 2.45) is 9.98 Å². The summed E-state index contributed by atoms with van der Waals surface area (Å²) in [5, 5.41) is 8.14. The summed E-state index contributed by atoms with van der Waals surface area (Å²) in [5.41, 5.74) is 14.3. The summed E-state index contributed by atoms with van der Waals surface area (Å²) in [5.74, 6) is 1.50. The number of allylic oxidation sites excluding steroid dienone is 2. The Morgan fingerprint density at radius 2 is 1.47 bits per heavy atom. The average Bonchev–Trinajstić information content (AvgIpc) is 3.68. The molecule has 1 atom stereocenters. The van der Waals surface area contributed by atoms with Crippen molar-refractivity contribution in [2.45, 2.75) is 52.6 Å². The van der Waals surface area contributed by atoms with Crippen LogP contribution in [-0.4, -0.2) is 22.8 Å². The zero-order chi connectivity index (χ0) is 41.2. The molecule has 0 fully saturated rings. The first-order valence-electron chi connectivity index (χ1n) is 20.9. The predicted octanol–water partition coefficient (Wildman–Crippen LogP) is 13.8. The quantitative estimate of drug-likeness (QED) is 0.0992. The highest BCUT2D eigenvalue weighted by molar-refractivity contribution is 6.22. The smallest absolute Gasteiger partial charge is 0.159 e. The molecule has 2 aromatic heterocycles. The van der Waals surface area contributed by atoms with Gasteiger partial charge >= 0.3 is 0 Å². The summed E-state index contributed by atoms with van der Waals surface area (Å²) >= 11 is 0. The zero-order valence-corrected chi connectivity index (χ0v) is 34.5. The molecule has 5 heteroatoms. The van der Waals surface area contributed by atoms with Crippen molar-refractivity contribution in [1.29, 1.82) is 0 Å². The second-order valence-electron chi connectivity index (χ2n) is 15.6. The lowest BCUT2D eigenvalue weighted by molar-refractivity contribution is 0.669. The molecule has 9 rings (SSSR count). The summed E-state index contributed by atoms with van der Waals surface area (Å²) in [7, 11) is 0. The Kier molecular flexibility index (Phi) is 10.6. The largest absolute Gasteiger partial charge is 0.456 e. The minimum atomic E-state index is -0.231.